The van der Waals surface area contributed by atoms with E-state index in [2.05, 4.69) is 10.6 Å². The van der Waals surface area contributed by atoms with Gasteiger partial charge in [0.1, 0.15) is 6.04 Å². The van der Waals surface area contributed by atoms with Crippen LogP contribution in [-0.4, -0.2) is 41.2 Å². The monoisotopic (exact) mass is 447 g/mol. The van der Waals surface area contributed by atoms with Gasteiger partial charge in [0.05, 0.1) is 6.54 Å². The molecular formula is C27H33N3O3. The summed E-state index contributed by atoms with van der Waals surface area (Å²) in [5.41, 5.74) is 4.51. The number of nitrogens with zero attached hydrogens (tertiary/aromatic N) is 1. The minimum atomic E-state index is -0.540. The van der Waals surface area contributed by atoms with Gasteiger partial charge in [-0.05, 0) is 69.2 Å². The molecule has 1 saturated carbocycles. The summed E-state index contributed by atoms with van der Waals surface area (Å²) in [6, 6.07) is 12.8. The molecule has 3 unspecified atom stereocenters. The quantitative estimate of drug-likeness (QED) is 0.723. The molecule has 2 aliphatic rings. The van der Waals surface area contributed by atoms with Crippen molar-refractivity contribution in [2.75, 3.05) is 11.9 Å². The predicted molar refractivity (Wildman–Crippen MR) is 129 cm³/mol. The molecule has 3 amide bonds. The Labute approximate surface area is 195 Å². The lowest BCUT2D eigenvalue weighted by Gasteiger charge is -2.33. The van der Waals surface area contributed by atoms with Gasteiger partial charge in [-0.1, -0.05) is 48.7 Å². The van der Waals surface area contributed by atoms with Crippen LogP contribution >= 0.6 is 0 Å². The zero-order valence-corrected chi connectivity index (χ0v) is 19.7. The van der Waals surface area contributed by atoms with Crippen molar-refractivity contribution < 1.29 is 14.4 Å². The Hall–Kier alpha value is -3.15. The van der Waals surface area contributed by atoms with Gasteiger partial charge in [0.2, 0.25) is 11.8 Å². The zero-order chi connectivity index (χ0) is 23.5. The fourth-order valence-corrected chi connectivity index (χ4v) is 5.56. The van der Waals surface area contributed by atoms with Crippen molar-refractivity contribution in [3.63, 3.8) is 0 Å². The molecule has 2 fully saturated rings. The van der Waals surface area contributed by atoms with Crippen molar-refractivity contribution >= 4 is 23.4 Å². The number of hydrogen-bond acceptors (Lipinski definition) is 3. The van der Waals surface area contributed by atoms with Crippen molar-refractivity contribution in [3.05, 3.63) is 64.7 Å². The minimum absolute atomic E-state index is 0.0916. The van der Waals surface area contributed by atoms with Gasteiger partial charge in [-0.25, -0.2) is 0 Å². The summed E-state index contributed by atoms with van der Waals surface area (Å²) in [5.74, 6) is -0.273. The summed E-state index contributed by atoms with van der Waals surface area (Å²) in [6.45, 7) is 5.82. The number of rotatable bonds is 5. The third kappa shape index (κ3) is 4.95. The van der Waals surface area contributed by atoms with Crippen LogP contribution in [0.15, 0.2) is 42.5 Å². The molecular weight excluding hydrogens is 414 g/mol. The number of carbonyl (C=O) groups excluding carboxylic acids is 3. The van der Waals surface area contributed by atoms with Crippen LogP contribution in [0.2, 0.25) is 0 Å². The molecule has 33 heavy (non-hydrogen) atoms. The van der Waals surface area contributed by atoms with E-state index in [0.717, 1.165) is 48.1 Å². The van der Waals surface area contributed by atoms with Gasteiger partial charge in [-0.2, -0.15) is 0 Å². The number of hydrogen-bond donors (Lipinski definition) is 2. The smallest absolute Gasteiger partial charge is 0.254 e. The summed E-state index contributed by atoms with van der Waals surface area (Å²) in [5, 5.41) is 5.72. The molecule has 0 bridgehead atoms. The maximum absolute atomic E-state index is 13.4. The van der Waals surface area contributed by atoms with Gasteiger partial charge < -0.3 is 15.5 Å². The first-order valence-electron chi connectivity index (χ1n) is 11.9. The highest BCUT2D eigenvalue weighted by molar-refractivity contribution is 6.00. The molecule has 0 aromatic heterocycles. The Bertz CT molecular complexity index is 1030. The summed E-state index contributed by atoms with van der Waals surface area (Å²) in [4.78, 5) is 40.9. The first-order chi connectivity index (χ1) is 15.8. The summed E-state index contributed by atoms with van der Waals surface area (Å²) < 4.78 is 0. The fourth-order valence-electron chi connectivity index (χ4n) is 5.56. The second-order valence-electron chi connectivity index (χ2n) is 9.48. The van der Waals surface area contributed by atoms with Crippen molar-refractivity contribution in [2.45, 2.75) is 65.0 Å². The molecule has 3 atom stereocenters. The molecule has 4 rings (SSSR count). The number of carbonyl (C=O) groups is 3. The lowest BCUT2D eigenvalue weighted by molar-refractivity contribution is -0.127. The van der Waals surface area contributed by atoms with Gasteiger partial charge in [0, 0.05) is 17.3 Å². The average molecular weight is 448 g/mol. The topological polar surface area (TPSA) is 78.5 Å². The van der Waals surface area contributed by atoms with E-state index < -0.39 is 6.04 Å². The van der Waals surface area contributed by atoms with E-state index in [0.29, 0.717) is 17.9 Å². The van der Waals surface area contributed by atoms with Crippen molar-refractivity contribution in [2.24, 2.45) is 5.92 Å². The van der Waals surface area contributed by atoms with E-state index >= 15 is 0 Å². The van der Waals surface area contributed by atoms with Crippen LogP contribution in [0, 0.1) is 26.7 Å². The van der Waals surface area contributed by atoms with Crippen LogP contribution in [0.5, 0.6) is 0 Å². The number of amides is 3. The molecule has 2 aromatic rings. The van der Waals surface area contributed by atoms with E-state index in [4.69, 9.17) is 0 Å². The van der Waals surface area contributed by atoms with Crippen molar-refractivity contribution in [1.29, 1.82) is 0 Å². The van der Waals surface area contributed by atoms with E-state index in [1.165, 1.54) is 0 Å². The minimum Gasteiger partial charge on any atom is -0.345 e. The molecule has 1 saturated heterocycles. The van der Waals surface area contributed by atoms with Gasteiger partial charge in [-0.15, -0.1) is 0 Å². The number of fused-ring (bicyclic) bond motifs is 1. The Kier molecular flexibility index (Phi) is 6.82. The molecule has 6 nitrogen and oxygen atoms in total. The largest absolute Gasteiger partial charge is 0.345 e. The van der Waals surface area contributed by atoms with Crippen LogP contribution in [-0.2, 0) is 9.59 Å². The number of nitrogens with one attached hydrogen (secondary N) is 2. The summed E-state index contributed by atoms with van der Waals surface area (Å²) >= 11 is 0. The number of benzene rings is 2. The van der Waals surface area contributed by atoms with Crippen LogP contribution in [0.1, 0.15) is 59.2 Å². The maximum Gasteiger partial charge on any atom is 0.254 e. The highest BCUT2D eigenvalue weighted by Gasteiger charge is 2.47. The number of anilines is 1. The number of aryl methyl sites for hydroxylation is 3. The fraction of sp³-hybridized carbons (Fsp3) is 0.444. The SMILES string of the molecule is Cc1cc(C)c(NC(=O)CNC(=O)C2CC3CCCCC3N2C(=O)c2ccccc2)c(C)c1. The highest BCUT2D eigenvalue weighted by Crippen LogP contribution is 2.40. The molecule has 1 aliphatic heterocycles. The second kappa shape index (κ2) is 9.77. The van der Waals surface area contributed by atoms with Gasteiger partial charge >= 0.3 is 0 Å². The van der Waals surface area contributed by atoms with E-state index in [9.17, 15) is 14.4 Å². The van der Waals surface area contributed by atoms with Crippen molar-refractivity contribution in [3.8, 4) is 0 Å². The molecule has 2 aromatic carbocycles. The Balaban J connectivity index is 1.44. The van der Waals surface area contributed by atoms with Crippen LogP contribution in [0.4, 0.5) is 5.69 Å². The lowest BCUT2D eigenvalue weighted by Crippen LogP contribution is -2.50. The zero-order valence-electron chi connectivity index (χ0n) is 19.7. The van der Waals surface area contributed by atoms with Gasteiger partial charge in [0.25, 0.3) is 5.91 Å². The first kappa shape index (κ1) is 23.0. The predicted octanol–water partition coefficient (Wildman–Crippen LogP) is 4.14. The Morgan fingerprint density at radius 1 is 0.970 bits per heavy atom. The molecule has 2 N–H and O–H groups in total. The molecule has 174 valence electrons. The van der Waals surface area contributed by atoms with E-state index in [-0.39, 0.29) is 30.3 Å². The van der Waals surface area contributed by atoms with Crippen LogP contribution in [0.3, 0.4) is 0 Å². The highest BCUT2D eigenvalue weighted by atomic mass is 16.2. The molecule has 1 heterocycles. The first-order valence-corrected chi connectivity index (χ1v) is 11.9. The van der Waals surface area contributed by atoms with Gasteiger partial charge in [-0.3, -0.25) is 14.4 Å². The third-order valence-electron chi connectivity index (χ3n) is 7.01. The maximum atomic E-state index is 13.4. The van der Waals surface area contributed by atoms with E-state index in [1.807, 2.05) is 51.1 Å². The molecule has 0 spiro atoms. The van der Waals surface area contributed by atoms with E-state index in [1.54, 1.807) is 17.0 Å². The van der Waals surface area contributed by atoms with Gasteiger partial charge in [0.15, 0.2) is 0 Å². The third-order valence-corrected chi connectivity index (χ3v) is 7.01. The lowest BCUT2D eigenvalue weighted by atomic mass is 9.84. The number of likely N-dealkylation sites (tertiary alicyclic amines) is 1. The summed E-state index contributed by atoms with van der Waals surface area (Å²) in [6.07, 6.45) is 4.85. The Morgan fingerprint density at radius 3 is 2.33 bits per heavy atom. The molecule has 0 radical (unpaired) electrons. The standard InChI is InChI=1S/C27H33N3O3/c1-17-13-18(2)25(19(3)14-17)29-24(31)16-28-26(32)23-15-21-11-7-8-12-22(21)30(23)27(33)20-9-5-4-6-10-20/h4-6,9-10,13-14,21-23H,7-8,11-12,15-16H2,1-3H3,(H,28,32)(H,29,31). The average Bonchev–Trinajstić information content (AvgIpc) is 3.19. The Morgan fingerprint density at radius 2 is 1.64 bits per heavy atom. The summed E-state index contributed by atoms with van der Waals surface area (Å²) in [7, 11) is 0. The molecule has 6 heteroatoms. The second-order valence-corrected chi connectivity index (χ2v) is 9.48. The van der Waals surface area contributed by atoms with Crippen molar-refractivity contribution in [1.82, 2.24) is 10.2 Å². The normalized spacial score (nSPS) is 21.9. The molecule has 1 aliphatic carbocycles. The van der Waals surface area contributed by atoms with Crippen LogP contribution < -0.4 is 10.6 Å². The van der Waals surface area contributed by atoms with Crippen LogP contribution in [0.25, 0.3) is 0 Å².